The molecule has 1 aliphatic carbocycles. The second-order valence-electron chi connectivity index (χ2n) is 9.34. The summed E-state index contributed by atoms with van der Waals surface area (Å²) >= 11 is 0. The van der Waals surface area contributed by atoms with Crippen LogP contribution in [0.15, 0.2) is 0 Å². The van der Waals surface area contributed by atoms with Crippen LogP contribution in [-0.4, -0.2) is 56.4 Å². The number of carbonyl (C=O) groups excluding carboxylic acids is 2. The molecule has 0 amide bonds. The molecule has 0 bridgehead atoms. The third-order valence-corrected chi connectivity index (χ3v) is 6.33. The summed E-state index contributed by atoms with van der Waals surface area (Å²) in [6, 6.07) is 0. The quantitative estimate of drug-likeness (QED) is 0.659. The van der Waals surface area contributed by atoms with E-state index >= 15 is 0 Å². The lowest BCUT2D eigenvalue weighted by atomic mass is 9.81. The van der Waals surface area contributed by atoms with Crippen molar-refractivity contribution >= 4 is 11.6 Å². The zero-order valence-corrected chi connectivity index (χ0v) is 17.8. The van der Waals surface area contributed by atoms with Crippen LogP contribution < -0.4 is 0 Å². The second-order valence-corrected chi connectivity index (χ2v) is 9.34. The van der Waals surface area contributed by atoms with Gasteiger partial charge in [-0.2, -0.15) is 0 Å². The summed E-state index contributed by atoms with van der Waals surface area (Å²) in [4.78, 5) is 23.7. The van der Waals surface area contributed by atoms with E-state index in [4.69, 9.17) is 23.7 Å². The fraction of sp³-hybridized carbons (Fsp3) is 0.905. The molecule has 1 spiro atoms. The monoisotopic (exact) mass is 398 g/mol. The standard InChI is InChI=1S/C21H34O7/c1-6-20(18(3,4)5)25-11-19(12-26-20)13-27-21(7-2,28-14-19)24-10-15-16(22)8-9-17(15)23/h15H,6-14H2,1-5H3. The average molecular weight is 398 g/mol. The zero-order valence-electron chi connectivity index (χ0n) is 17.8. The van der Waals surface area contributed by atoms with Crippen LogP contribution in [0.3, 0.4) is 0 Å². The number of hydrogen-bond donors (Lipinski definition) is 0. The van der Waals surface area contributed by atoms with Gasteiger partial charge in [-0.15, -0.1) is 0 Å². The minimum absolute atomic E-state index is 0.00841. The summed E-state index contributed by atoms with van der Waals surface area (Å²) in [5, 5.41) is 0. The van der Waals surface area contributed by atoms with Gasteiger partial charge in [0, 0.05) is 24.7 Å². The number of ether oxygens (including phenoxy) is 5. The third kappa shape index (κ3) is 3.92. The molecule has 2 heterocycles. The number of hydrogen-bond acceptors (Lipinski definition) is 7. The van der Waals surface area contributed by atoms with Crippen molar-refractivity contribution < 1.29 is 33.3 Å². The molecule has 28 heavy (non-hydrogen) atoms. The first-order chi connectivity index (χ1) is 13.1. The number of carbonyl (C=O) groups is 2. The van der Waals surface area contributed by atoms with E-state index in [2.05, 4.69) is 27.7 Å². The average Bonchev–Trinajstić information content (AvgIpc) is 2.99. The number of rotatable bonds is 5. The lowest BCUT2D eigenvalue weighted by Crippen LogP contribution is -2.62. The molecule has 1 saturated carbocycles. The maximum Gasteiger partial charge on any atom is 0.282 e. The summed E-state index contributed by atoms with van der Waals surface area (Å²) in [6.07, 6.45) is 1.83. The van der Waals surface area contributed by atoms with Crippen molar-refractivity contribution in [2.75, 3.05) is 33.0 Å². The van der Waals surface area contributed by atoms with Gasteiger partial charge in [0.2, 0.25) is 0 Å². The maximum atomic E-state index is 11.8. The summed E-state index contributed by atoms with van der Waals surface area (Å²) in [7, 11) is 0. The summed E-state index contributed by atoms with van der Waals surface area (Å²) in [5.41, 5.74) is -0.526. The normalized spacial score (nSPS) is 37.8. The van der Waals surface area contributed by atoms with Gasteiger partial charge in [-0.1, -0.05) is 34.6 Å². The topological polar surface area (TPSA) is 80.3 Å². The predicted molar refractivity (Wildman–Crippen MR) is 100 cm³/mol. The van der Waals surface area contributed by atoms with Crippen molar-refractivity contribution in [1.82, 2.24) is 0 Å². The molecule has 7 nitrogen and oxygen atoms in total. The largest absolute Gasteiger partial charge is 0.349 e. The summed E-state index contributed by atoms with van der Waals surface area (Å²) in [6.45, 7) is 12.0. The molecule has 2 saturated heterocycles. The van der Waals surface area contributed by atoms with Crippen LogP contribution in [0.1, 0.15) is 60.3 Å². The number of Topliss-reactive ketones (excluding diaryl/α,β-unsaturated/α-hetero) is 2. The van der Waals surface area contributed by atoms with Gasteiger partial charge in [-0.25, -0.2) is 0 Å². The molecule has 0 unspecified atom stereocenters. The van der Waals surface area contributed by atoms with Crippen LogP contribution >= 0.6 is 0 Å². The minimum Gasteiger partial charge on any atom is -0.349 e. The van der Waals surface area contributed by atoms with E-state index < -0.39 is 17.7 Å². The van der Waals surface area contributed by atoms with E-state index in [0.29, 0.717) is 45.7 Å². The Bertz CT molecular complexity index is 572. The van der Waals surface area contributed by atoms with Crippen LogP contribution in [0.25, 0.3) is 0 Å². The Morgan fingerprint density at radius 2 is 1.39 bits per heavy atom. The second kappa shape index (κ2) is 7.76. The van der Waals surface area contributed by atoms with E-state index in [1.54, 1.807) is 0 Å². The summed E-state index contributed by atoms with van der Waals surface area (Å²) in [5.74, 6) is -2.65. The Kier molecular flexibility index (Phi) is 6.05. The van der Waals surface area contributed by atoms with Crippen LogP contribution in [0.2, 0.25) is 0 Å². The van der Waals surface area contributed by atoms with Gasteiger partial charge >= 0.3 is 0 Å². The van der Waals surface area contributed by atoms with Crippen LogP contribution in [-0.2, 0) is 33.3 Å². The van der Waals surface area contributed by atoms with Gasteiger partial charge in [0.1, 0.15) is 11.6 Å². The third-order valence-electron chi connectivity index (χ3n) is 6.33. The Hall–Kier alpha value is -0.860. The highest BCUT2D eigenvalue weighted by molar-refractivity contribution is 6.08. The Labute approximate surface area is 167 Å². The molecule has 160 valence electrons. The Balaban J connectivity index is 1.58. The highest BCUT2D eigenvalue weighted by Gasteiger charge is 2.54. The molecule has 0 atom stereocenters. The van der Waals surface area contributed by atoms with Crippen molar-refractivity contribution in [2.45, 2.75) is 72.1 Å². The maximum absolute atomic E-state index is 11.8. The fourth-order valence-corrected chi connectivity index (χ4v) is 4.13. The highest BCUT2D eigenvalue weighted by Crippen LogP contribution is 2.45. The van der Waals surface area contributed by atoms with Crippen LogP contribution in [0.4, 0.5) is 0 Å². The molecule has 3 aliphatic rings. The molecule has 3 fully saturated rings. The Morgan fingerprint density at radius 1 is 0.893 bits per heavy atom. The molecule has 7 heteroatoms. The first kappa shape index (κ1) is 21.8. The summed E-state index contributed by atoms with van der Waals surface area (Å²) < 4.78 is 30.3. The van der Waals surface area contributed by atoms with Gasteiger partial charge in [-0.3, -0.25) is 9.59 Å². The van der Waals surface area contributed by atoms with Gasteiger partial charge < -0.3 is 23.7 Å². The first-order valence-electron chi connectivity index (χ1n) is 10.4. The molecule has 2 aliphatic heterocycles. The predicted octanol–water partition coefficient (Wildman–Crippen LogP) is 2.85. The van der Waals surface area contributed by atoms with E-state index in [0.717, 1.165) is 6.42 Å². The molecular formula is C21H34O7. The fourth-order valence-electron chi connectivity index (χ4n) is 4.13. The van der Waals surface area contributed by atoms with E-state index in [1.165, 1.54) is 0 Å². The zero-order chi connectivity index (χ0) is 20.6. The van der Waals surface area contributed by atoms with Crippen LogP contribution in [0.5, 0.6) is 0 Å². The van der Waals surface area contributed by atoms with Gasteiger partial charge in [-0.05, 0) is 6.42 Å². The van der Waals surface area contributed by atoms with Crippen molar-refractivity contribution in [3.8, 4) is 0 Å². The lowest BCUT2D eigenvalue weighted by Gasteiger charge is -2.53. The van der Waals surface area contributed by atoms with Gasteiger partial charge in [0.25, 0.3) is 5.97 Å². The molecule has 0 aromatic carbocycles. The highest BCUT2D eigenvalue weighted by atomic mass is 16.9. The molecule has 3 rings (SSSR count). The van der Waals surface area contributed by atoms with Gasteiger partial charge in [0.05, 0.1) is 44.4 Å². The molecule has 0 N–H and O–H groups in total. The van der Waals surface area contributed by atoms with E-state index in [9.17, 15) is 9.59 Å². The molecule has 0 radical (unpaired) electrons. The first-order valence-corrected chi connectivity index (χ1v) is 10.4. The molecule has 0 aromatic heterocycles. The van der Waals surface area contributed by atoms with Gasteiger partial charge in [0.15, 0.2) is 5.79 Å². The van der Waals surface area contributed by atoms with E-state index in [-0.39, 0.29) is 29.0 Å². The van der Waals surface area contributed by atoms with Crippen LogP contribution in [0, 0.1) is 16.7 Å². The molecular weight excluding hydrogens is 364 g/mol. The lowest BCUT2D eigenvalue weighted by molar-refractivity contribution is -0.444. The van der Waals surface area contributed by atoms with Crippen molar-refractivity contribution in [3.05, 3.63) is 0 Å². The smallest absolute Gasteiger partial charge is 0.282 e. The minimum atomic E-state index is -1.22. The van der Waals surface area contributed by atoms with E-state index in [1.807, 2.05) is 6.92 Å². The number of ketones is 2. The van der Waals surface area contributed by atoms with Crippen molar-refractivity contribution in [1.29, 1.82) is 0 Å². The Morgan fingerprint density at radius 3 is 1.82 bits per heavy atom. The van der Waals surface area contributed by atoms with Crippen molar-refractivity contribution in [2.24, 2.45) is 16.7 Å². The van der Waals surface area contributed by atoms with Crippen molar-refractivity contribution in [3.63, 3.8) is 0 Å². The SMILES string of the molecule is CCC1(OCC2C(=O)CCC2=O)OCC2(CO1)COC(CC)(C(C)(C)C)OC2. The molecule has 0 aromatic rings.